The quantitative estimate of drug-likeness (QED) is 0.298. The van der Waals surface area contributed by atoms with Crippen LogP contribution in [0.2, 0.25) is 5.02 Å². The highest BCUT2D eigenvalue weighted by molar-refractivity contribution is 6.30. The summed E-state index contributed by atoms with van der Waals surface area (Å²) in [6, 6.07) is 13.5. The summed E-state index contributed by atoms with van der Waals surface area (Å²) in [4.78, 5) is 14.0. The molecule has 0 aliphatic heterocycles. The van der Waals surface area contributed by atoms with E-state index in [0.717, 1.165) is 53.7 Å². The van der Waals surface area contributed by atoms with Gasteiger partial charge in [0.15, 0.2) is 11.8 Å². The molecule has 0 amide bonds. The van der Waals surface area contributed by atoms with Gasteiger partial charge in [0, 0.05) is 10.4 Å². The van der Waals surface area contributed by atoms with E-state index in [1.54, 1.807) is 7.11 Å². The fourth-order valence-corrected chi connectivity index (χ4v) is 4.11. The Balaban J connectivity index is 0.00000204. The topological polar surface area (TPSA) is 111 Å². The number of benzene rings is 2. The van der Waals surface area contributed by atoms with Crippen molar-refractivity contribution in [3.8, 4) is 5.75 Å². The van der Waals surface area contributed by atoms with Gasteiger partial charge in [0.1, 0.15) is 11.6 Å². The lowest BCUT2D eigenvalue weighted by atomic mass is 9.90. The molecule has 0 unspecified atom stereocenters. The van der Waals surface area contributed by atoms with Gasteiger partial charge in [-0.15, -0.1) is 24.8 Å². The van der Waals surface area contributed by atoms with Crippen LogP contribution in [0.15, 0.2) is 47.5 Å². The highest BCUT2D eigenvalue weighted by Gasteiger charge is 2.26. The van der Waals surface area contributed by atoms with E-state index >= 15 is 0 Å². The predicted octanol–water partition coefficient (Wildman–Crippen LogP) is 5.30. The Hall–Kier alpha value is -2.74. The third-order valence-corrected chi connectivity index (χ3v) is 5.83. The molecule has 7 nitrogen and oxygen atoms in total. The molecule has 3 aromatic rings. The summed E-state index contributed by atoms with van der Waals surface area (Å²) in [6.07, 6.45) is 7.98. The number of aromatic nitrogens is 2. The van der Waals surface area contributed by atoms with Gasteiger partial charge in [-0.25, -0.2) is 15.0 Å². The molecule has 1 heterocycles. The zero-order chi connectivity index (χ0) is 22.5. The Labute approximate surface area is 216 Å². The van der Waals surface area contributed by atoms with Crippen LogP contribution in [-0.2, 0) is 0 Å². The number of fused-ring (bicyclic) bond motifs is 1. The minimum absolute atomic E-state index is 0. The largest absolute Gasteiger partial charge is 0.497 e. The number of ether oxygens (including phenoxy) is 1. The first-order valence-corrected chi connectivity index (χ1v) is 11.0. The van der Waals surface area contributed by atoms with Crippen molar-refractivity contribution in [2.24, 2.45) is 16.5 Å². The summed E-state index contributed by atoms with van der Waals surface area (Å²) in [5.41, 5.74) is 13.2. The number of methoxy groups -OCH3 is 1. The van der Waals surface area contributed by atoms with Crippen LogP contribution in [0.25, 0.3) is 23.1 Å². The fourth-order valence-electron chi connectivity index (χ4n) is 3.98. The van der Waals surface area contributed by atoms with Gasteiger partial charge in [-0.2, -0.15) is 0 Å². The first kappa shape index (κ1) is 27.5. The lowest BCUT2D eigenvalue weighted by Crippen LogP contribution is -2.38. The van der Waals surface area contributed by atoms with E-state index in [2.05, 4.69) is 10.3 Å². The highest BCUT2D eigenvalue weighted by Crippen LogP contribution is 2.30. The number of hydrogen-bond donors (Lipinski definition) is 3. The summed E-state index contributed by atoms with van der Waals surface area (Å²) in [6.45, 7) is 0. The van der Waals surface area contributed by atoms with Crippen molar-refractivity contribution in [1.29, 1.82) is 0 Å². The van der Waals surface area contributed by atoms with Crippen molar-refractivity contribution in [1.82, 2.24) is 9.97 Å². The normalized spacial score (nSPS) is 17.5. The van der Waals surface area contributed by atoms with Gasteiger partial charge in [0.25, 0.3) is 0 Å². The number of rotatable bonds is 6. The molecule has 0 spiro atoms. The maximum atomic E-state index is 5.98. The van der Waals surface area contributed by atoms with Crippen LogP contribution in [0.1, 0.15) is 37.1 Å². The molecule has 0 bridgehead atoms. The standard InChI is InChI=1S/C24H27ClN6O.2ClH/c1-32-17-11-12-19-18(14-17)23(29-20-4-2-3-5-21(20)30-24(26)27)31-22(28-19)13-8-15-6-9-16(25)10-7-15;;/h6-14,20-21H,2-5H2,1H3,(H4,26,27,30)(H,28,29,31);2*1H/b13-8+;;/t20-,21+;;/m0../s1. The van der Waals surface area contributed by atoms with E-state index in [9.17, 15) is 0 Å². The third kappa shape index (κ3) is 6.88. The van der Waals surface area contributed by atoms with E-state index in [1.165, 1.54) is 0 Å². The molecule has 182 valence electrons. The lowest BCUT2D eigenvalue weighted by Gasteiger charge is -2.30. The first-order valence-electron chi connectivity index (χ1n) is 10.7. The molecule has 2 aromatic carbocycles. The summed E-state index contributed by atoms with van der Waals surface area (Å²) < 4.78 is 5.42. The first-order chi connectivity index (χ1) is 15.5. The van der Waals surface area contributed by atoms with E-state index in [0.29, 0.717) is 10.8 Å². The average Bonchev–Trinajstić information content (AvgIpc) is 2.79. The molecule has 1 fully saturated rings. The van der Waals surface area contributed by atoms with Crippen molar-refractivity contribution in [2.75, 3.05) is 12.4 Å². The van der Waals surface area contributed by atoms with Crippen LogP contribution in [0.3, 0.4) is 0 Å². The minimum Gasteiger partial charge on any atom is -0.497 e. The second-order valence-electron chi connectivity index (χ2n) is 7.85. The van der Waals surface area contributed by atoms with Crippen LogP contribution >= 0.6 is 36.4 Å². The third-order valence-electron chi connectivity index (χ3n) is 5.58. The van der Waals surface area contributed by atoms with Crippen LogP contribution in [0, 0.1) is 0 Å². The Kier molecular flexibility index (Phi) is 10.2. The predicted molar refractivity (Wildman–Crippen MR) is 146 cm³/mol. The lowest BCUT2D eigenvalue weighted by molar-refractivity contribution is 0.405. The van der Waals surface area contributed by atoms with E-state index < -0.39 is 0 Å². The molecule has 1 aromatic heterocycles. The molecule has 2 atom stereocenters. The number of halogens is 3. The number of hydrogen-bond acceptors (Lipinski definition) is 5. The van der Waals surface area contributed by atoms with E-state index in [4.69, 9.17) is 37.8 Å². The zero-order valence-electron chi connectivity index (χ0n) is 18.8. The molecule has 4 rings (SSSR count). The minimum atomic E-state index is 0. The molecule has 1 aliphatic rings. The van der Waals surface area contributed by atoms with Gasteiger partial charge >= 0.3 is 0 Å². The second kappa shape index (κ2) is 12.6. The van der Waals surface area contributed by atoms with Gasteiger partial charge in [0.2, 0.25) is 0 Å². The number of nitrogens with one attached hydrogen (secondary N) is 1. The highest BCUT2D eigenvalue weighted by atomic mass is 35.5. The molecule has 1 saturated carbocycles. The summed E-state index contributed by atoms with van der Waals surface area (Å²) in [7, 11) is 1.65. The SMILES string of the molecule is COc1ccc2nc(/C=C/c3ccc(Cl)cc3)nc(N[C@H]3CCCC[C@H]3N=C(N)N)c2c1.Cl.Cl. The van der Waals surface area contributed by atoms with Gasteiger partial charge in [-0.3, -0.25) is 0 Å². The van der Waals surface area contributed by atoms with Crippen molar-refractivity contribution in [3.63, 3.8) is 0 Å². The molecule has 1 aliphatic carbocycles. The summed E-state index contributed by atoms with van der Waals surface area (Å²) in [5, 5.41) is 5.19. The Morgan fingerprint density at radius 3 is 2.50 bits per heavy atom. The van der Waals surface area contributed by atoms with Crippen LogP contribution in [0.4, 0.5) is 5.82 Å². The van der Waals surface area contributed by atoms with Gasteiger partial charge < -0.3 is 21.5 Å². The van der Waals surface area contributed by atoms with Gasteiger partial charge in [-0.1, -0.05) is 42.7 Å². The number of nitrogens with zero attached hydrogens (tertiary/aromatic N) is 3. The maximum absolute atomic E-state index is 5.98. The molecule has 34 heavy (non-hydrogen) atoms. The molecule has 0 saturated heterocycles. The maximum Gasteiger partial charge on any atom is 0.186 e. The summed E-state index contributed by atoms with van der Waals surface area (Å²) >= 11 is 5.98. The van der Waals surface area contributed by atoms with E-state index in [1.807, 2.05) is 54.6 Å². The smallest absolute Gasteiger partial charge is 0.186 e. The molecule has 0 radical (unpaired) electrons. The van der Waals surface area contributed by atoms with Crippen molar-refractivity contribution < 1.29 is 4.74 Å². The number of guanidine groups is 1. The Morgan fingerprint density at radius 1 is 1.06 bits per heavy atom. The van der Waals surface area contributed by atoms with Crippen LogP contribution in [0.5, 0.6) is 5.75 Å². The van der Waals surface area contributed by atoms with Gasteiger partial charge in [-0.05, 0) is 54.8 Å². The number of aliphatic imine (C=N–C) groups is 1. The monoisotopic (exact) mass is 522 g/mol. The second-order valence-corrected chi connectivity index (χ2v) is 8.29. The number of nitrogens with two attached hydrogens (primary N) is 2. The van der Waals surface area contributed by atoms with Crippen molar-refractivity contribution in [2.45, 2.75) is 37.8 Å². The van der Waals surface area contributed by atoms with Crippen LogP contribution < -0.4 is 21.5 Å². The average molecular weight is 524 g/mol. The number of anilines is 1. The zero-order valence-corrected chi connectivity index (χ0v) is 21.2. The Bertz CT molecular complexity index is 1150. The molecular weight excluding hydrogens is 495 g/mol. The fraction of sp³-hybridized carbons (Fsp3) is 0.292. The Morgan fingerprint density at radius 2 is 1.79 bits per heavy atom. The molecule has 5 N–H and O–H groups in total. The van der Waals surface area contributed by atoms with Crippen molar-refractivity contribution >= 4 is 71.2 Å². The molecular formula is C24H29Cl3N6O. The van der Waals surface area contributed by atoms with Crippen LogP contribution in [-0.4, -0.2) is 35.1 Å². The van der Waals surface area contributed by atoms with Gasteiger partial charge in [0.05, 0.1) is 24.7 Å². The summed E-state index contributed by atoms with van der Waals surface area (Å²) in [5.74, 6) is 2.21. The molecule has 10 heteroatoms. The van der Waals surface area contributed by atoms with Crippen molar-refractivity contribution in [3.05, 3.63) is 58.9 Å². The van der Waals surface area contributed by atoms with E-state index in [-0.39, 0.29) is 42.9 Å².